The third-order valence-electron chi connectivity index (χ3n) is 2.87. The highest BCUT2D eigenvalue weighted by Gasteiger charge is 2.03. The highest BCUT2D eigenvalue weighted by Crippen LogP contribution is 2.28. The second kappa shape index (κ2) is 7.78. The molecule has 3 nitrogen and oxygen atoms in total. The molecule has 0 atom stereocenters. The first-order valence-electron chi connectivity index (χ1n) is 6.79. The third-order valence-corrected chi connectivity index (χ3v) is 3.72. The first-order valence-corrected chi connectivity index (χ1v) is 7.96. The van der Waals surface area contributed by atoms with Crippen LogP contribution in [0.4, 0.5) is 0 Å². The summed E-state index contributed by atoms with van der Waals surface area (Å²) in [7, 11) is 0. The molecule has 1 N–H and O–H groups in total. The van der Waals surface area contributed by atoms with Gasteiger partial charge in [0.15, 0.2) is 0 Å². The second-order valence-electron chi connectivity index (χ2n) is 5.06. The average molecular weight is 370 g/mol. The molecule has 5 heteroatoms. The third kappa shape index (κ3) is 5.30. The first-order chi connectivity index (χ1) is 10.0. The van der Waals surface area contributed by atoms with E-state index in [4.69, 9.17) is 16.3 Å². The quantitative estimate of drug-likeness (QED) is 0.809. The van der Waals surface area contributed by atoms with Crippen molar-refractivity contribution < 1.29 is 4.74 Å². The van der Waals surface area contributed by atoms with Crippen LogP contribution >= 0.6 is 27.5 Å². The van der Waals surface area contributed by atoms with E-state index in [1.54, 1.807) is 6.07 Å². The fraction of sp³-hybridized carbons (Fsp3) is 0.312. The lowest BCUT2D eigenvalue weighted by molar-refractivity contribution is 0.299. The molecule has 1 aromatic carbocycles. The van der Waals surface area contributed by atoms with Crippen LogP contribution in [0.15, 0.2) is 41.0 Å². The van der Waals surface area contributed by atoms with Crippen LogP contribution < -0.4 is 10.1 Å². The van der Waals surface area contributed by atoms with Crippen LogP contribution in [-0.2, 0) is 13.2 Å². The largest absolute Gasteiger partial charge is 0.486 e. The lowest BCUT2D eigenvalue weighted by atomic mass is 10.2. The van der Waals surface area contributed by atoms with E-state index in [0.29, 0.717) is 17.7 Å². The topological polar surface area (TPSA) is 34.1 Å². The number of benzene rings is 1. The Labute approximate surface area is 138 Å². The van der Waals surface area contributed by atoms with Gasteiger partial charge in [-0.3, -0.25) is 4.98 Å². The van der Waals surface area contributed by atoms with Crippen molar-refractivity contribution in [1.82, 2.24) is 10.3 Å². The Hall–Kier alpha value is -1.10. The zero-order chi connectivity index (χ0) is 15.2. The monoisotopic (exact) mass is 368 g/mol. The molecule has 0 unspecified atom stereocenters. The molecule has 0 spiro atoms. The summed E-state index contributed by atoms with van der Waals surface area (Å²) in [5.74, 6) is 0.756. The van der Waals surface area contributed by atoms with Crippen LogP contribution in [0.2, 0.25) is 5.02 Å². The maximum absolute atomic E-state index is 5.90. The Kier molecular flexibility index (Phi) is 6.03. The number of nitrogens with zero attached hydrogens (tertiary/aromatic N) is 1. The van der Waals surface area contributed by atoms with Crippen molar-refractivity contribution in [2.24, 2.45) is 0 Å². The highest BCUT2D eigenvalue weighted by atomic mass is 79.9. The second-order valence-corrected chi connectivity index (χ2v) is 6.35. The zero-order valence-corrected chi connectivity index (χ0v) is 14.4. The van der Waals surface area contributed by atoms with Crippen molar-refractivity contribution in [3.8, 4) is 5.75 Å². The molecule has 1 heterocycles. The van der Waals surface area contributed by atoms with Gasteiger partial charge in [-0.05, 0) is 45.8 Å². The number of ether oxygens (including phenoxy) is 1. The van der Waals surface area contributed by atoms with Gasteiger partial charge in [0.2, 0.25) is 0 Å². The lowest BCUT2D eigenvalue weighted by Crippen LogP contribution is -2.21. The molecule has 0 saturated carbocycles. The summed E-state index contributed by atoms with van der Waals surface area (Å²) >= 11 is 9.33. The summed E-state index contributed by atoms with van der Waals surface area (Å²) in [4.78, 5) is 4.41. The van der Waals surface area contributed by atoms with Crippen LogP contribution in [0.5, 0.6) is 5.75 Å². The zero-order valence-electron chi connectivity index (χ0n) is 12.1. The maximum Gasteiger partial charge on any atom is 0.134 e. The molecule has 112 valence electrons. The van der Waals surface area contributed by atoms with E-state index in [2.05, 4.69) is 46.1 Å². The summed E-state index contributed by atoms with van der Waals surface area (Å²) in [6.07, 6.45) is 1.88. The molecule has 2 aromatic rings. The molecule has 2 rings (SSSR count). The number of rotatable bonds is 6. The van der Waals surface area contributed by atoms with Crippen molar-refractivity contribution >= 4 is 27.5 Å². The van der Waals surface area contributed by atoms with E-state index in [1.165, 1.54) is 5.56 Å². The van der Waals surface area contributed by atoms with E-state index in [-0.39, 0.29) is 0 Å². The van der Waals surface area contributed by atoms with Gasteiger partial charge in [-0.15, -0.1) is 0 Å². The molecule has 0 bridgehead atoms. The van der Waals surface area contributed by atoms with Gasteiger partial charge < -0.3 is 10.1 Å². The molecule has 0 saturated heterocycles. The molecule has 0 radical (unpaired) electrons. The normalized spacial score (nSPS) is 10.9. The number of nitrogens with one attached hydrogen (secondary N) is 1. The predicted octanol–water partition coefficient (Wildman–Crippen LogP) is 4.57. The Bertz CT molecular complexity index is 587. The molecule has 0 fully saturated rings. The Morgan fingerprint density at radius 2 is 2.10 bits per heavy atom. The first kappa shape index (κ1) is 16.3. The van der Waals surface area contributed by atoms with Crippen molar-refractivity contribution in [2.75, 3.05) is 0 Å². The van der Waals surface area contributed by atoms with Crippen LogP contribution in [0, 0.1) is 0 Å². The molecule has 21 heavy (non-hydrogen) atoms. The molecule has 0 amide bonds. The molecular formula is C16H18BrClN2O. The average Bonchev–Trinajstić information content (AvgIpc) is 2.45. The summed E-state index contributed by atoms with van der Waals surface area (Å²) < 4.78 is 6.57. The Morgan fingerprint density at radius 3 is 2.71 bits per heavy atom. The fourth-order valence-electron chi connectivity index (χ4n) is 1.71. The lowest BCUT2D eigenvalue weighted by Gasteiger charge is -2.10. The van der Waals surface area contributed by atoms with E-state index >= 15 is 0 Å². The van der Waals surface area contributed by atoms with E-state index < -0.39 is 0 Å². The molecule has 0 aliphatic heterocycles. The summed E-state index contributed by atoms with van der Waals surface area (Å²) in [5, 5.41) is 4.04. The maximum atomic E-state index is 5.90. The van der Waals surface area contributed by atoms with E-state index in [1.807, 2.05) is 24.4 Å². The number of hydrogen-bond donors (Lipinski definition) is 1. The fourth-order valence-corrected chi connectivity index (χ4v) is 2.51. The van der Waals surface area contributed by atoms with Crippen molar-refractivity contribution in [3.05, 3.63) is 57.3 Å². The molecule has 0 aliphatic rings. The summed E-state index contributed by atoms with van der Waals surface area (Å²) in [6, 6.07) is 9.98. The van der Waals surface area contributed by atoms with Gasteiger partial charge in [0.25, 0.3) is 0 Å². The number of hydrogen-bond acceptors (Lipinski definition) is 3. The van der Waals surface area contributed by atoms with Crippen LogP contribution in [0.1, 0.15) is 25.1 Å². The van der Waals surface area contributed by atoms with Crippen LogP contribution in [-0.4, -0.2) is 11.0 Å². The van der Waals surface area contributed by atoms with Crippen LogP contribution in [0.3, 0.4) is 0 Å². The molecule has 1 aromatic heterocycles. The Balaban J connectivity index is 1.91. The number of halogens is 2. The SMILES string of the molecule is CC(C)NCc1ccc(COc2ccc(Cl)cc2Br)nc1. The van der Waals surface area contributed by atoms with Gasteiger partial charge in [0.05, 0.1) is 10.2 Å². The van der Waals surface area contributed by atoms with Crippen molar-refractivity contribution in [1.29, 1.82) is 0 Å². The minimum atomic E-state index is 0.429. The minimum Gasteiger partial charge on any atom is -0.486 e. The number of aromatic nitrogens is 1. The minimum absolute atomic E-state index is 0.429. The Morgan fingerprint density at radius 1 is 1.29 bits per heavy atom. The highest BCUT2D eigenvalue weighted by molar-refractivity contribution is 9.10. The summed E-state index contributed by atoms with van der Waals surface area (Å²) in [5.41, 5.74) is 2.06. The van der Waals surface area contributed by atoms with Gasteiger partial charge in [0.1, 0.15) is 12.4 Å². The van der Waals surface area contributed by atoms with Gasteiger partial charge in [-0.1, -0.05) is 31.5 Å². The summed E-state index contributed by atoms with van der Waals surface area (Å²) in [6.45, 7) is 5.51. The van der Waals surface area contributed by atoms with Crippen molar-refractivity contribution in [3.63, 3.8) is 0 Å². The predicted molar refractivity (Wildman–Crippen MR) is 89.7 cm³/mol. The van der Waals surface area contributed by atoms with Crippen molar-refractivity contribution in [2.45, 2.75) is 33.0 Å². The standard InChI is InChI=1S/C16H18BrClN2O/c1-11(2)19-8-12-3-5-14(20-9-12)10-21-16-6-4-13(18)7-15(16)17/h3-7,9,11,19H,8,10H2,1-2H3. The smallest absolute Gasteiger partial charge is 0.134 e. The van der Waals surface area contributed by atoms with Gasteiger partial charge in [0, 0.05) is 23.8 Å². The van der Waals surface area contributed by atoms with E-state index in [9.17, 15) is 0 Å². The molecule has 0 aliphatic carbocycles. The van der Waals surface area contributed by atoms with Gasteiger partial charge >= 0.3 is 0 Å². The number of pyridine rings is 1. The molecular weight excluding hydrogens is 352 g/mol. The van der Waals surface area contributed by atoms with Gasteiger partial charge in [-0.2, -0.15) is 0 Å². The van der Waals surface area contributed by atoms with Crippen LogP contribution in [0.25, 0.3) is 0 Å². The van der Waals surface area contributed by atoms with Gasteiger partial charge in [-0.25, -0.2) is 0 Å². The van der Waals surface area contributed by atoms with E-state index in [0.717, 1.165) is 22.5 Å².